The van der Waals surface area contributed by atoms with Gasteiger partial charge in [0, 0.05) is 17.1 Å². The van der Waals surface area contributed by atoms with Crippen molar-refractivity contribution in [1.82, 2.24) is 9.55 Å². The molecule has 0 unspecified atom stereocenters. The van der Waals surface area contributed by atoms with Gasteiger partial charge >= 0.3 is 5.69 Å². The fourth-order valence-electron chi connectivity index (χ4n) is 3.74. The number of hydrogen-bond acceptors (Lipinski definition) is 7. The topological polar surface area (TPSA) is 81.0 Å². The lowest BCUT2D eigenvalue weighted by Gasteiger charge is -2.15. The highest BCUT2D eigenvalue weighted by Gasteiger charge is 2.13. The molecule has 0 saturated carbocycles. The first kappa shape index (κ1) is 23.0. The van der Waals surface area contributed by atoms with Gasteiger partial charge in [-0.2, -0.15) is 4.98 Å². The van der Waals surface area contributed by atoms with Crippen LogP contribution in [-0.2, 0) is 13.2 Å². The molecule has 0 radical (unpaired) electrons. The molecule has 34 heavy (non-hydrogen) atoms. The van der Waals surface area contributed by atoms with E-state index in [0.29, 0.717) is 28.5 Å². The monoisotopic (exact) mass is 462 g/mol. The zero-order chi connectivity index (χ0) is 24.1. The van der Waals surface area contributed by atoms with Crippen molar-refractivity contribution in [3.8, 4) is 28.7 Å². The number of hydrogen-bond donors (Lipinski definition) is 0. The molecule has 8 heteroatoms. The first-order chi connectivity index (χ1) is 16.6. The number of aromatic nitrogens is 2. The molecule has 0 N–H and O–H groups in total. The van der Waals surface area contributed by atoms with Crippen molar-refractivity contribution in [2.24, 2.45) is 0 Å². The molecule has 176 valence electrons. The van der Waals surface area contributed by atoms with Gasteiger partial charge in [0.2, 0.25) is 0 Å². The molecule has 3 aromatic carbocycles. The Hall–Kier alpha value is -4.20. The van der Waals surface area contributed by atoms with Gasteiger partial charge in [0.15, 0.2) is 0 Å². The molecule has 0 saturated heterocycles. The summed E-state index contributed by atoms with van der Waals surface area (Å²) in [5, 5.41) is 0.767. The minimum absolute atomic E-state index is 0.251. The van der Waals surface area contributed by atoms with Gasteiger partial charge < -0.3 is 23.7 Å². The van der Waals surface area contributed by atoms with Crippen molar-refractivity contribution in [3.63, 3.8) is 0 Å². The van der Waals surface area contributed by atoms with Crippen LogP contribution in [0.3, 0.4) is 0 Å². The molecular formula is C26H26N2O6. The second-order valence-corrected chi connectivity index (χ2v) is 7.48. The largest absolute Gasteiger partial charge is 0.497 e. The average Bonchev–Trinajstić information content (AvgIpc) is 2.87. The van der Waals surface area contributed by atoms with Crippen LogP contribution in [0.4, 0.5) is 0 Å². The van der Waals surface area contributed by atoms with E-state index in [0.717, 1.165) is 22.3 Å². The van der Waals surface area contributed by atoms with Gasteiger partial charge in [0.05, 0.1) is 46.1 Å². The van der Waals surface area contributed by atoms with Crippen LogP contribution >= 0.6 is 0 Å². The molecule has 0 aliphatic rings. The fraction of sp³-hybridized carbons (Fsp3) is 0.231. The number of rotatable bonds is 9. The minimum Gasteiger partial charge on any atom is -0.497 e. The standard InChI is InChI=1S/C26H26N2O6/c1-30-19-9-11-23(31-2)18(13-19)16-34-20-8-10-22-17(12-20)14-28(26(29)27-22)15-21-24(32-3)6-5-7-25(21)33-4/h5-14H,15-16H2,1-4H3. The molecule has 0 amide bonds. The molecular weight excluding hydrogens is 436 g/mol. The molecule has 0 aliphatic heterocycles. The summed E-state index contributed by atoms with van der Waals surface area (Å²) in [5.74, 6) is 3.34. The normalized spacial score (nSPS) is 10.7. The summed E-state index contributed by atoms with van der Waals surface area (Å²) >= 11 is 0. The maximum Gasteiger partial charge on any atom is 0.348 e. The minimum atomic E-state index is -0.366. The molecule has 0 aliphatic carbocycles. The van der Waals surface area contributed by atoms with E-state index >= 15 is 0 Å². The van der Waals surface area contributed by atoms with Crippen LogP contribution in [0.5, 0.6) is 28.7 Å². The summed E-state index contributed by atoms with van der Waals surface area (Å²) < 4.78 is 29.2. The summed E-state index contributed by atoms with van der Waals surface area (Å²) in [6.07, 6.45) is 1.76. The summed E-state index contributed by atoms with van der Waals surface area (Å²) in [7, 11) is 6.40. The van der Waals surface area contributed by atoms with Crippen molar-refractivity contribution in [1.29, 1.82) is 0 Å². The Morgan fingerprint density at radius 2 is 1.50 bits per heavy atom. The van der Waals surface area contributed by atoms with Gasteiger partial charge in [-0.25, -0.2) is 4.79 Å². The van der Waals surface area contributed by atoms with Crippen molar-refractivity contribution >= 4 is 10.9 Å². The quantitative estimate of drug-likeness (QED) is 0.371. The van der Waals surface area contributed by atoms with E-state index in [1.54, 1.807) is 46.8 Å². The number of nitrogens with zero attached hydrogens (tertiary/aromatic N) is 2. The molecule has 4 aromatic rings. The van der Waals surface area contributed by atoms with Crippen molar-refractivity contribution < 1.29 is 23.7 Å². The zero-order valence-electron chi connectivity index (χ0n) is 19.5. The van der Waals surface area contributed by atoms with Gasteiger partial charge in [0.1, 0.15) is 35.4 Å². The molecule has 4 rings (SSSR count). The number of ether oxygens (including phenoxy) is 5. The SMILES string of the molecule is COc1ccc(OC)c(COc2ccc3nc(=O)n(Cc4c(OC)cccc4OC)cc3c2)c1. The Labute approximate surface area is 197 Å². The molecule has 0 fully saturated rings. The lowest BCUT2D eigenvalue weighted by atomic mass is 10.1. The van der Waals surface area contributed by atoms with E-state index in [9.17, 15) is 4.79 Å². The average molecular weight is 463 g/mol. The highest BCUT2D eigenvalue weighted by atomic mass is 16.5. The van der Waals surface area contributed by atoms with Crippen LogP contribution in [0.2, 0.25) is 0 Å². The van der Waals surface area contributed by atoms with Crippen LogP contribution in [-0.4, -0.2) is 38.0 Å². The van der Waals surface area contributed by atoms with Gasteiger partial charge in [-0.3, -0.25) is 4.57 Å². The molecule has 1 aromatic heterocycles. The Kier molecular flexibility index (Phi) is 6.87. The molecule has 8 nitrogen and oxygen atoms in total. The Morgan fingerprint density at radius 3 is 2.18 bits per heavy atom. The molecule has 0 bridgehead atoms. The maximum absolute atomic E-state index is 12.7. The van der Waals surface area contributed by atoms with Crippen molar-refractivity contribution in [3.05, 3.63) is 82.4 Å². The van der Waals surface area contributed by atoms with E-state index in [2.05, 4.69) is 4.98 Å². The van der Waals surface area contributed by atoms with E-state index in [-0.39, 0.29) is 18.8 Å². The second-order valence-electron chi connectivity index (χ2n) is 7.48. The van der Waals surface area contributed by atoms with E-state index in [4.69, 9.17) is 23.7 Å². The summed E-state index contributed by atoms with van der Waals surface area (Å²) in [4.78, 5) is 16.9. The van der Waals surface area contributed by atoms with Crippen LogP contribution in [0.25, 0.3) is 10.9 Å². The Morgan fingerprint density at radius 1 is 0.794 bits per heavy atom. The lowest BCUT2D eigenvalue weighted by Crippen LogP contribution is -2.23. The number of benzene rings is 3. The van der Waals surface area contributed by atoms with Gasteiger partial charge in [-0.1, -0.05) is 6.07 Å². The van der Waals surface area contributed by atoms with Gasteiger partial charge in [0.25, 0.3) is 0 Å². The highest BCUT2D eigenvalue weighted by molar-refractivity contribution is 5.79. The zero-order valence-corrected chi connectivity index (χ0v) is 19.5. The Balaban J connectivity index is 1.63. The van der Waals surface area contributed by atoms with Crippen molar-refractivity contribution in [2.75, 3.05) is 28.4 Å². The first-order valence-electron chi connectivity index (χ1n) is 10.6. The van der Waals surface area contributed by atoms with E-state index in [1.807, 2.05) is 42.5 Å². The first-order valence-corrected chi connectivity index (χ1v) is 10.6. The predicted octanol–water partition coefficient (Wildman–Crippen LogP) is 4.06. The third-order valence-corrected chi connectivity index (χ3v) is 5.50. The van der Waals surface area contributed by atoms with Crippen LogP contribution in [0.15, 0.2) is 65.6 Å². The Bertz CT molecular complexity index is 1340. The molecule has 1 heterocycles. The fourth-order valence-corrected chi connectivity index (χ4v) is 3.74. The predicted molar refractivity (Wildman–Crippen MR) is 129 cm³/mol. The number of fused-ring (bicyclic) bond motifs is 1. The van der Waals surface area contributed by atoms with Gasteiger partial charge in [-0.05, 0) is 48.5 Å². The number of methoxy groups -OCH3 is 4. The highest BCUT2D eigenvalue weighted by Crippen LogP contribution is 2.29. The van der Waals surface area contributed by atoms with Crippen molar-refractivity contribution in [2.45, 2.75) is 13.2 Å². The summed E-state index contributed by atoms with van der Waals surface area (Å²) in [5.41, 5.74) is 1.83. The van der Waals surface area contributed by atoms with E-state index < -0.39 is 0 Å². The smallest absolute Gasteiger partial charge is 0.348 e. The summed E-state index contributed by atoms with van der Waals surface area (Å²) in [6.45, 7) is 0.540. The molecule has 0 atom stereocenters. The maximum atomic E-state index is 12.7. The van der Waals surface area contributed by atoms with Gasteiger partial charge in [-0.15, -0.1) is 0 Å². The summed E-state index contributed by atoms with van der Waals surface area (Å²) in [6, 6.07) is 16.4. The third-order valence-electron chi connectivity index (χ3n) is 5.50. The lowest BCUT2D eigenvalue weighted by molar-refractivity contribution is 0.295. The van der Waals surface area contributed by atoms with Crippen LogP contribution < -0.4 is 29.4 Å². The second kappa shape index (κ2) is 10.2. The molecule has 0 spiro atoms. The van der Waals surface area contributed by atoms with Crippen LogP contribution in [0.1, 0.15) is 11.1 Å². The van der Waals surface area contributed by atoms with Crippen LogP contribution in [0, 0.1) is 0 Å². The van der Waals surface area contributed by atoms with E-state index in [1.165, 1.54) is 4.57 Å². The third kappa shape index (κ3) is 4.76.